The Morgan fingerprint density at radius 2 is 1.75 bits per heavy atom. The summed E-state index contributed by atoms with van der Waals surface area (Å²) in [4.78, 5) is 5.65. The maximum Gasteiger partial charge on any atom is 0.130 e. The zero-order valence-corrected chi connectivity index (χ0v) is 21.5. The van der Waals surface area contributed by atoms with E-state index in [-0.39, 0.29) is 16.9 Å². The fourth-order valence-electron chi connectivity index (χ4n) is 8.72. The predicted octanol–water partition coefficient (Wildman–Crippen LogP) is 7.41. The second-order valence-electron chi connectivity index (χ2n) is 12.9. The molecule has 0 radical (unpaired) electrons. The first kappa shape index (κ1) is 24.5. The van der Waals surface area contributed by atoms with Gasteiger partial charge >= 0.3 is 0 Å². The van der Waals surface area contributed by atoms with Gasteiger partial charge in [0.05, 0.1) is 6.10 Å². The number of aliphatic hydroxyl groups is 1. The summed E-state index contributed by atoms with van der Waals surface area (Å²) >= 11 is 0. The smallest absolute Gasteiger partial charge is 0.130 e. The number of aliphatic hydroxyl groups excluding tert-OH is 1. The zero-order valence-electron chi connectivity index (χ0n) is 21.5. The molecule has 2 N–H and O–H groups in total. The molecule has 0 saturated heterocycles. The van der Waals surface area contributed by atoms with Crippen molar-refractivity contribution in [2.45, 2.75) is 111 Å². The summed E-state index contributed by atoms with van der Waals surface area (Å²) in [6.45, 7) is 18.6. The molecule has 0 aromatic heterocycles. The highest BCUT2D eigenvalue weighted by Crippen LogP contribution is 2.69. The summed E-state index contributed by atoms with van der Waals surface area (Å²) in [7, 11) is 0. The number of hydrogen-bond donors (Lipinski definition) is 2. The molecular weight excluding hydrogens is 396 g/mol. The van der Waals surface area contributed by atoms with Crippen molar-refractivity contribution < 1.29 is 15.3 Å². The van der Waals surface area contributed by atoms with Crippen molar-refractivity contribution in [2.24, 2.45) is 46.3 Å². The van der Waals surface area contributed by atoms with Gasteiger partial charge in [-0.3, -0.25) is 5.26 Å². The topological polar surface area (TPSA) is 49.7 Å². The fraction of sp³-hybridized carbons (Fsp3) is 0.862. The van der Waals surface area contributed by atoms with Crippen LogP contribution in [-0.2, 0) is 4.89 Å². The van der Waals surface area contributed by atoms with Gasteiger partial charge in [-0.1, -0.05) is 67.0 Å². The van der Waals surface area contributed by atoms with Gasteiger partial charge in [0.25, 0.3) is 0 Å². The molecule has 9 unspecified atom stereocenters. The first-order valence-electron chi connectivity index (χ1n) is 13.4. The molecule has 4 aliphatic carbocycles. The van der Waals surface area contributed by atoms with Gasteiger partial charge in [-0.05, 0) is 97.0 Å². The standard InChI is InChI=1S/C29H48O3/c1-18(2)19(3)8-9-20(4)22-13-17-29(32-31)25-11-10-23-21(5)26(30)14-15-27(23,6)24(25)12-16-28(22,29)7/h11,18-20,22-24,26,30-31H,5,8-10,12-17H2,1-4,6-7H3. The quantitative estimate of drug-likeness (QED) is 0.255. The van der Waals surface area contributed by atoms with Gasteiger partial charge in [-0.15, -0.1) is 0 Å². The first-order chi connectivity index (χ1) is 15.0. The van der Waals surface area contributed by atoms with Gasteiger partial charge in [0.2, 0.25) is 0 Å². The highest BCUT2D eigenvalue weighted by atomic mass is 17.1. The van der Waals surface area contributed by atoms with Gasteiger partial charge in [-0.25, -0.2) is 4.89 Å². The molecule has 0 amide bonds. The molecule has 0 heterocycles. The minimum absolute atomic E-state index is 0.0149. The first-order valence-corrected chi connectivity index (χ1v) is 13.4. The summed E-state index contributed by atoms with van der Waals surface area (Å²) in [5.41, 5.74) is 1.97. The van der Waals surface area contributed by atoms with Gasteiger partial charge in [0.15, 0.2) is 0 Å². The molecule has 0 spiro atoms. The lowest BCUT2D eigenvalue weighted by Crippen LogP contribution is -2.59. The second-order valence-corrected chi connectivity index (χ2v) is 12.9. The maximum atomic E-state index is 10.5. The van der Waals surface area contributed by atoms with Crippen LogP contribution in [0.15, 0.2) is 23.8 Å². The molecule has 4 aliphatic rings. The SMILES string of the molecule is C=C1C(O)CCC2(C)C1CC=C1C2CCC2(C)C(C(C)CCC(C)C(C)C)CCC12OO. The second kappa shape index (κ2) is 8.54. The lowest BCUT2D eigenvalue weighted by molar-refractivity contribution is -0.346. The number of rotatable bonds is 6. The minimum atomic E-state index is -0.538. The summed E-state index contributed by atoms with van der Waals surface area (Å²) in [5.74, 6) is 3.49. The third-order valence-corrected chi connectivity index (χ3v) is 11.4. The molecule has 32 heavy (non-hydrogen) atoms. The van der Waals surface area contributed by atoms with E-state index in [2.05, 4.69) is 54.2 Å². The summed E-state index contributed by atoms with van der Waals surface area (Å²) < 4.78 is 0. The van der Waals surface area contributed by atoms with E-state index in [4.69, 9.17) is 4.89 Å². The Balaban J connectivity index is 1.62. The Bertz CT molecular complexity index is 756. The van der Waals surface area contributed by atoms with Crippen molar-refractivity contribution in [1.29, 1.82) is 0 Å². The molecule has 3 saturated carbocycles. The van der Waals surface area contributed by atoms with Crippen LogP contribution in [0.25, 0.3) is 0 Å². The Morgan fingerprint density at radius 1 is 1.03 bits per heavy atom. The van der Waals surface area contributed by atoms with Crippen LogP contribution in [0.5, 0.6) is 0 Å². The zero-order chi connectivity index (χ0) is 23.5. The van der Waals surface area contributed by atoms with E-state index in [1.807, 2.05) is 0 Å². The predicted molar refractivity (Wildman–Crippen MR) is 131 cm³/mol. The van der Waals surface area contributed by atoms with Crippen LogP contribution in [0, 0.1) is 46.3 Å². The fourth-order valence-corrected chi connectivity index (χ4v) is 8.72. The summed E-state index contributed by atoms with van der Waals surface area (Å²) in [6, 6.07) is 0. The highest BCUT2D eigenvalue weighted by molar-refractivity contribution is 5.38. The molecule has 0 aliphatic heterocycles. The van der Waals surface area contributed by atoms with Crippen LogP contribution in [0.1, 0.15) is 99.3 Å². The number of allylic oxidation sites excluding steroid dienone is 1. The van der Waals surface area contributed by atoms with E-state index in [0.29, 0.717) is 23.7 Å². The lowest BCUT2D eigenvalue weighted by atomic mass is 9.45. The average molecular weight is 445 g/mol. The van der Waals surface area contributed by atoms with Crippen molar-refractivity contribution in [1.82, 2.24) is 0 Å². The van der Waals surface area contributed by atoms with Crippen LogP contribution in [-0.4, -0.2) is 22.1 Å². The van der Waals surface area contributed by atoms with Crippen molar-refractivity contribution >= 4 is 0 Å². The van der Waals surface area contributed by atoms with Gasteiger partial charge < -0.3 is 5.11 Å². The van der Waals surface area contributed by atoms with Gasteiger partial charge in [0, 0.05) is 5.41 Å². The van der Waals surface area contributed by atoms with Crippen molar-refractivity contribution in [3.63, 3.8) is 0 Å². The molecule has 3 heteroatoms. The Morgan fingerprint density at radius 3 is 2.41 bits per heavy atom. The molecule has 182 valence electrons. The molecular formula is C29H48O3. The van der Waals surface area contributed by atoms with Crippen LogP contribution in [0.4, 0.5) is 0 Å². The molecule has 9 atom stereocenters. The monoisotopic (exact) mass is 444 g/mol. The van der Waals surface area contributed by atoms with E-state index in [1.165, 1.54) is 18.4 Å². The van der Waals surface area contributed by atoms with E-state index < -0.39 is 5.60 Å². The average Bonchev–Trinajstić information content (AvgIpc) is 3.08. The van der Waals surface area contributed by atoms with E-state index in [9.17, 15) is 10.4 Å². The lowest BCUT2D eigenvalue weighted by Gasteiger charge is -2.61. The van der Waals surface area contributed by atoms with Gasteiger partial charge in [0.1, 0.15) is 5.60 Å². The summed E-state index contributed by atoms with van der Waals surface area (Å²) in [5, 5.41) is 21.0. The molecule has 3 fully saturated rings. The third kappa shape index (κ3) is 3.40. The maximum absolute atomic E-state index is 10.5. The normalized spacial score (nSPS) is 45.7. The molecule has 3 nitrogen and oxygen atoms in total. The van der Waals surface area contributed by atoms with Crippen LogP contribution >= 0.6 is 0 Å². The molecule has 0 aromatic carbocycles. The van der Waals surface area contributed by atoms with E-state index >= 15 is 0 Å². The van der Waals surface area contributed by atoms with Crippen molar-refractivity contribution in [3.05, 3.63) is 23.8 Å². The largest absolute Gasteiger partial charge is 0.389 e. The molecule has 0 aromatic rings. The highest BCUT2D eigenvalue weighted by Gasteiger charge is 2.67. The van der Waals surface area contributed by atoms with Crippen LogP contribution in [0.3, 0.4) is 0 Å². The van der Waals surface area contributed by atoms with Crippen molar-refractivity contribution in [3.8, 4) is 0 Å². The molecule has 0 bridgehead atoms. The van der Waals surface area contributed by atoms with E-state index in [0.717, 1.165) is 62.4 Å². The summed E-state index contributed by atoms with van der Waals surface area (Å²) in [6.07, 6.45) is 11.7. The minimum Gasteiger partial charge on any atom is -0.389 e. The van der Waals surface area contributed by atoms with E-state index in [1.54, 1.807) is 0 Å². The number of fused-ring (bicyclic) bond motifs is 5. The van der Waals surface area contributed by atoms with Gasteiger partial charge in [-0.2, -0.15) is 0 Å². The van der Waals surface area contributed by atoms with Crippen LogP contribution in [0.2, 0.25) is 0 Å². The van der Waals surface area contributed by atoms with Crippen LogP contribution < -0.4 is 0 Å². The Hall–Kier alpha value is -0.640. The number of hydrogen-bond acceptors (Lipinski definition) is 3. The molecule has 4 rings (SSSR count). The Labute approximate surface area is 196 Å². The van der Waals surface area contributed by atoms with Crippen molar-refractivity contribution in [2.75, 3.05) is 0 Å². The third-order valence-electron chi connectivity index (χ3n) is 11.4. The Kier molecular flexibility index (Phi) is 6.53.